The van der Waals surface area contributed by atoms with Crippen LogP contribution in [-0.2, 0) is 11.2 Å². The molecule has 2 aromatic heterocycles. The van der Waals surface area contributed by atoms with Gasteiger partial charge in [0.25, 0.3) is 0 Å². The Morgan fingerprint density at radius 1 is 1.54 bits per heavy atom. The molecule has 0 aliphatic rings. The highest BCUT2D eigenvalue weighted by molar-refractivity contribution is 5.61. The van der Waals surface area contributed by atoms with Gasteiger partial charge in [0.05, 0.1) is 0 Å². The van der Waals surface area contributed by atoms with E-state index in [0.717, 1.165) is 23.3 Å². The van der Waals surface area contributed by atoms with E-state index in [1.54, 1.807) is 0 Å². The van der Waals surface area contributed by atoms with Crippen molar-refractivity contribution in [2.45, 2.75) is 13.3 Å². The number of carbonyl (C=O) groups excluding carboxylic acids is 1. The van der Waals surface area contributed by atoms with E-state index < -0.39 is 0 Å². The summed E-state index contributed by atoms with van der Waals surface area (Å²) in [5.41, 5.74) is 1.69. The van der Waals surface area contributed by atoms with E-state index in [-0.39, 0.29) is 0 Å². The van der Waals surface area contributed by atoms with Gasteiger partial charge in [-0.2, -0.15) is 0 Å². The van der Waals surface area contributed by atoms with Crippen molar-refractivity contribution in [2.75, 3.05) is 0 Å². The van der Waals surface area contributed by atoms with Crippen molar-refractivity contribution in [3.05, 3.63) is 29.7 Å². The average Bonchev–Trinajstić information content (AvgIpc) is 2.50. The molecule has 13 heavy (non-hydrogen) atoms. The molecule has 0 aromatic carbocycles. The molecule has 0 amide bonds. The van der Waals surface area contributed by atoms with Gasteiger partial charge < -0.3 is 4.79 Å². The van der Waals surface area contributed by atoms with Gasteiger partial charge in [-0.05, 0) is 13.0 Å². The van der Waals surface area contributed by atoms with Gasteiger partial charge in [0.2, 0.25) is 0 Å². The number of fused-ring (bicyclic) bond motifs is 1. The highest BCUT2D eigenvalue weighted by atomic mass is 16.1. The fraction of sp³-hybridized carbons (Fsp3) is 0.222. The first-order chi connectivity index (χ1) is 6.33. The molecule has 2 heterocycles. The van der Waals surface area contributed by atoms with Crippen molar-refractivity contribution in [3.8, 4) is 0 Å². The molecule has 0 aliphatic carbocycles. The second-order valence-corrected chi connectivity index (χ2v) is 2.85. The van der Waals surface area contributed by atoms with Crippen molar-refractivity contribution in [1.82, 2.24) is 14.6 Å². The van der Waals surface area contributed by atoms with Crippen molar-refractivity contribution < 1.29 is 4.79 Å². The summed E-state index contributed by atoms with van der Waals surface area (Å²) in [4.78, 5) is 10.4. The predicted octanol–water partition coefficient (Wildman–Crippen LogP) is 0.779. The van der Waals surface area contributed by atoms with Gasteiger partial charge in [-0.15, -0.1) is 10.2 Å². The summed E-state index contributed by atoms with van der Waals surface area (Å²) < 4.78 is 1.87. The first kappa shape index (κ1) is 7.91. The van der Waals surface area contributed by atoms with Gasteiger partial charge in [-0.3, -0.25) is 4.40 Å². The molecule has 0 fully saturated rings. The normalized spacial score (nSPS) is 10.5. The third-order valence-corrected chi connectivity index (χ3v) is 1.99. The van der Waals surface area contributed by atoms with Gasteiger partial charge in [0, 0.05) is 18.2 Å². The van der Waals surface area contributed by atoms with Crippen LogP contribution in [0.15, 0.2) is 18.3 Å². The molecule has 4 nitrogen and oxygen atoms in total. The third-order valence-electron chi connectivity index (χ3n) is 1.99. The number of aromatic nitrogens is 3. The lowest BCUT2D eigenvalue weighted by atomic mass is 10.2. The van der Waals surface area contributed by atoms with Crippen LogP contribution in [0.2, 0.25) is 0 Å². The Morgan fingerprint density at radius 3 is 3.15 bits per heavy atom. The van der Waals surface area contributed by atoms with Gasteiger partial charge >= 0.3 is 0 Å². The van der Waals surface area contributed by atoms with Gasteiger partial charge in [0.15, 0.2) is 5.65 Å². The fourth-order valence-electron chi connectivity index (χ4n) is 1.34. The monoisotopic (exact) mass is 175 g/mol. The number of hydrogen-bond acceptors (Lipinski definition) is 3. The predicted molar refractivity (Wildman–Crippen MR) is 47.5 cm³/mol. The number of nitrogens with zero attached hydrogens (tertiary/aromatic N) is 3. The topological polar surface area (TPSA) is 47.3 Å². The zero-order chi connectivity index (χ0) is 9.26. The van der Waals surface area contributed by atoms with Crippen molar-refractivity contribution in [1.29, 1.82) is 0 Å². The molecule has 4 heteroatoms. The van der Waals surface area contributed by atoms with Gasteiger partial charge in [-0.25, -0.2) is 0 Å². The van der Waals surface area contributed by atoms with Crippen LogP contribution >= 0.6 is 0 Å². The Labute approximate surface area is 75.2 Å². The Hall–Kier alpha value is -1.71. The second-order valence-electron chi connectivity index (χ2n) is 2.85. The maximum Gasteiger partial charge on any atom is 0.164 e. The highest BCUT2D eigenvalue weighted by Crippen LogP contribution is 2.09. The van der Waals surface area contributed by atoms with Crippen LogP contribution in [0.3, 0.4) is 0 Å². The molecule has 0 saturated heterocycles. The number of rotatable bonds is 2. The lowest BCUT2D eigenvalue weighted by Gasteiger charge is -1.97. The molecule has 0 bridgehead atoms. The Morgan fingerprint density at radius 2 is 2.38 bits per heavy atom. The quantitative estimate of drug-likeness (QED) is 0.633. The summed E-state index contributed by atoms with van der Waals surface area (Å²) in [5.74, 6) is 0.836. The van der Waals surface area contributed by atoms with E-state index in [4.69, 9.17) is 0 Å². The summed E-state index contributed by atoms with van der Waals surface area (Å²) in [6, 6.07) is 3.78. The van der Waals surface area contributed by atoms with Crippen LogP contribution in [0.1, 0.15) is 11.4 Å². The minimum atomic E-state index is 0.391. The lowest BCUT2D eigenvalue weighted by molar-refractivity contribution is -0.107. The molecule has 0 aliphatic heterocycles. The zero-order valence-electron chi connectivity index (χ0n) is 7.27. The van der Waals surface area contributed by atoms with Crippen LogP contribution in [0, 0.1) is 6.92 Å². The first-order valence-corrected chi connectivity index (χ1v) is 4.06. The van der Waals surface area contributed by atoms with Crippen LogP contribution in [0.4, 0.5) is 0 Å². The number of aldehydes is 1. The van der Waals surface area contributed by atoms with Crippen LogP contribution in [0.5, 0.6) is 0 Å². The molecular formula is C9H9N3O. The molecule has 0 spiro atoms. The first-order valence-electron chi connectivity index (χ1n) is 4.06. The molecule has 66 valence electrons. The summed E-state index contributed by atoms with van der Waals surface area (Å²) in [6.45, 7) is 1.88. The maximum absolute atomic E-state index is 10.4. The molecular weight excluding hydrogens is 166 g/mol. The standard InChI is InChI=1S/C9H9N3O/c1-7-10-11-9-8(4-6-13)3-2-5-12(7)9/h2-3,5-6H,4H2,1H3. The molecule has 0 radical (unpaired) electrons. The number of aryl methyl sites for hydroxylation is 1. The molecule has 0 atom stereocenters. The second kappa shape index (κ2) is 2.97. The van der Waals surface area contributed by atoms with E-state index in [0.29, 0.717) is 6.42 Å². The van der Waals surface area contributed by atoms with Crippen LogP contribution in [-0.4, -0.2) is 20.9 Å². The Kier molecular flexibility index (Phi) is 1.81. The van der Waals surface area contributed by atoms with Crippen molar-refractivity contribution in [2.24, 2.45) is 0 Å². The van der Waals surface area contributed by atoms with Crippen LogP contribution in [0.25, 0.3) is 5.65 Å². The largest absolute Gasteiger partial charge is 0.303 e. The van der Waals surface area contributed by atoms with Crippen molar-refractivity contribution >= 4 is 11.9 Å². The van der Waals surface area contributed by atoms with E-state index in [2.05, 4.69) is 10.2 Å². The Balaban J connectivity index is 2.69. The smallest absolute Gasteiger partial charge is 0.164 e. The lowest BCUT2D eigenvalue weighted by Crippen LogP contribution is -1.93. The number of hydrogen-bond donors (Lipinski definition) is 0. The van der Waals surface area contributed by atoms with E-state index in [9.17, 15) is 4.79 Å². The molecule has 0 N–H and O–H groups in total. The SMILES string of the molecule is Cc1nnc2c(CC=O)cccn12. The van der Waals surface area contributed by atoms with E-state index in [1.807, 2.05) is 29.7 Å². The van der Waals surface area contributed by atoms with E-state index >= 15 is 0 Å². The summed E-state index contributed by atoms with van der Waals surface area (Å²) in [7, 11) is 0. The Bertz CT molecular complexity index is 447. The van der Waals surface area contributed by atoms with Gasteiger partial charge in [0.1, 0.15) is 12.1 Å². The number of carbonyl (C=O) groups is 1. The van der Waals surface area contributed by atoms with E-state index in [1.165, 1.54) is 0 Å². The molecule has 0 saturated carbocycles. The summed E-state index contributed by atoms with van der Waals surface area (Å²) in [5, 5.41) is 7.93. The average molecular weight is 175 g/mol. The van der Waals surface area contributed by atoms with Crippen LogP contribution < -0.4 is 0 Å². The number of pyridine rings is 1. The fourth-order valence-corrected chi connectivity index (χ4v) is 1.34. The highest BCUT2D eigenvalue weighted by Gasteiger charge is 2.04. The zero-order valence-corrected chi connectivity index (χ0v) is 7.27. The van der Waals surface area contributed by atoms with Crippen molar-refractivity contribution in [3.63, 3.8) is 0 Å². The van der Waals surface area contributed by atoms with Gasteiger partial charge in [-0.1, -0.05) is 6.07 Å². The summed E-state index contributed by atoms with van der Waals surface area (Å²) >= 11 is 0. The minimum Gasteiger partial charge on any atom is -0.303 e. The third kappa shape index (κ3) is 1.20. The molecule has 2 aromatic rings. The molecule has 2 rings (SSSR count). The minimum absolute atomic E-state index is 0.391. The molecule has 0 unspecified atom stereocenters. The summed E-state index contributed by atoms with van der Waals surface area (Å²) in [6.07, 6.45) is 3.15. The maximum atomic E-state index is 10.4.